The Morgan fingerprint density at radius 3 is 1.78 bits per heavy atom. The Kier molecular flexibility index (Phi) is 2.32. The Hall–Kier alpha value is -0.0000000000000000555. The molecule has 0 atom stereocenters. The number of hydrogen-bond donors (Lipinski definition) is 1. The van der Waals surface area contributed by atoms with E-state index >= 15 is 0 Å². The molecule has 0 radical (unpaired) electrons. The van der Waals surface area contributed by atoms with Gasteiger partial charge in [-0.2, -0.15) is 0 Å². The summed E-state index contributed by atoms with van der Waals surface area (Å²) in [7, 11) is -9.67. The summed E-state index contributed by atoms with van der Waals surface area (Å²) in [6.07, 6.45) is 0.499. The first-order chi connectivity index (χ1) is 3.71. The smallest absolute Gasteiger partial charge is 0.231 e. The van der Waals surface area contributed by atoms with Gasteiger partial charge in [-0.15, -0.1) is 12.9 Å². The average molecular weight is 179 g/mol. The summed E-state index contributed by atoms with van der Waals surface area (Å²) in [5.41, 5.74) is 0. The van der Waals surface area contributed by atoms with Gasteiger partial charge in [0.2, 0.25) is 10.0 Å². The summed E-state index contributed by atoms with van der Waals surface area (Å²) in [6.45, 7) is 0. The van der Waals surface area contributed by atoms with E-state index in [0.29, 0.717) is 10.7 Å². The van der Waals surface area contributed by atoms with Crippen molar-refractivity contribution < 1.29 is 21.4 Å². The van der Waals surface area contributed by atoms with Crippen LogP contribution in [0.4, 0.5) is 8.39 Å². The molecule has 0 amide bonds. The minimum atomic E-state index is -5.63. The zero-order valence-electron chi connectivity index (χ0n) is 4.34. The maximum Gasteiger partial charge on any atom is 0.493 e. The van der Waals surface area contributed by atoms with E-state index in [2.05, 4.69) is 0 Å². The quantitative estimate of drug-likeness (QED) is 0.630. The van der Waals surface area contributed by atoms with E-state index in [-0.39, 0.29) is 0 Å². The number of halogens is 2. The molecule has 0 aromatic carbocycles. The van der Waals surface area contributed by atoms with Crippen molar-refractivity contribution in [2.75, 3.05) is 6.26 Å². The fourth-order valence-electron chi connectivity index (χ4n) is 0.193. The minimum absolute atomic E-state index is 0.499. The van der Waals surface area contributed by atoms with Gasteiger partial charge in [0.1, 0.15) is 0 Å². The lowest BCUT2D eigenvalue weighted by Crippen LogP contribution is -2.14. The zero-order chi connectivity index (χ0) is 7.71. The molecule has 0 saturated heterocycles. The first-order valence-electron chi connectivity index (χ1n) is 1.69. The molecule has 8 heteroatoms. The molecule has 4 nitrogen and oxygen atoms in total. The summed E-state index contributed by atoms with van der Waals surface area (Å²) >= 11 is 0. The van der Waals surface area contributed by atoms with Crippen LogP contribution in [-0.2, 0) is 14.6 Å². The second-order valence-corrected chi connectivity index (χ2v) is 4.52. The highest BCUT2D eigenvalue weighted by atomic mass is 32.2. The number of nitrogens with one attached hydrogen (secondary N) is 1. The molecule has 0 aliphatic carbocycles. The predicted molar refractivity (Wildman–Crippen MR) is 27.8 cm³/mol. The second kappa shape index (κ2) is 2.32. The molecule has 0 aromatic heterocycles. The molecule has 0 aliphatic rings. The van der Waals surface area contributed by atoms with Crippen LogP contribution in [0.15, 0.2) is 0 Å². The fourth-order valence-corrected chi connectivity index (χ4v) is 1.74. The Morgan fingerprint density at radius 2 is 1.78 bits per heavy atom. The minimum Gasteiger partial charge on any atom is -0.231 e. The van der Waals surface area contributed by atoms with Crippen LogP contribution >= 0.6 is 7.91 Å². The molecule has 56 valence electrons. The summed E-state index contributed by atoms with van der Waals surface area (Å²) in [5, 5.41) is 0. The highest BCUT2D eigenvalue weighted by molar-refractivity contribution is 7.94. The molecule has 0 heterocycles. The van der Waals surface area contributed by atoms with Gasteiger partial charge in [-0.05, 0) is 0 Å². The highest BCUT2D eigenvalue weighted by Gasteiger charge is 2.23. The maximum atomic E-state index is 11.3. The van der Waals surface area contributed by atoms with E-state index < -0.39 is 17.9 Å². The third-order valence-corrected chi connectivity index (χ3v) is 2.45. The summed E-state index contributed by atoms with van der Waals surface area (Å²) in [4.78, 5) is 0. The topological polar surface area (TPSA) is 63.2 Å². The second-order valence-electron chi connectivity index (χ2n) is 1.33. The third kappa shape index (κ3) is 8.00. The zero-order valence-corrected chi connectivity index (χ0v) is 6.05. The fraction of sp³-hybridized carbons (Fsp3) is 1.00. The predicted octanol–water partition coefficient (Wildman–Crippen LogP) is 0.583. The van der Waals surface area contributed by atoms with Crippen LogP contribution in [0.5, 0.6) is 0 Å². The van der Waals surface area contributed by atoms with E-state index in [0.717, 1.165) is 0 Å². The molecule has 0 spiro atoms. The van der Waals surface area contributed by atoms with Crippen LogP contribution < -0.4 is 4.49 Å². The normalized spacial score (nSPS) is 13.7. The van der Waals surface area contributed by atoms with Gasteiger partial charge in [0.05, 0.1) is 6.26 Å². The van der Waals surface area contributed by atoms with Crippen molar-refractivity contribution in [2.45, 2.75) is 0 Å². The Balaban J connectivity index is 4.26. The van der Waals surface area contributed by atoms with Gasteiger partial charge < -0.3 is 0 Å². The van der Waals surface area contributed by atoms with Crippen molar-refractivity contribution in [1.82, 2.24) is 4.49 Å². The van der Waals surface area contributed by atoms with Crippen molar-refractivity contribution in [3.05, 3.63) is 0 Å². The molecule has 9 heavy (non-hydrogen) atoms. The SMILES string of the molecule is CS(=O)(=O)NP(=O)(F)F. The standard InChI is InChI=1S/CH4F2NO3PS/c1-9(6,7)4-8(2,3)5/h1H3,(H,4,5). The van der Waals surface area contributed by atoms with Crippen LogP contribution in [0.2, 0.25) is 0 Å². The summed E-state index contributed by atoms with van der Waals surface area (Å²) in [5.74, 6) is 0. The molecule has 0 rings (SSSR count). The maximum absolute atomic E-state index is 11.3. The van der Waals surface area contributed by atoms with Gasteiger partial charge in [-0.3, -0.25) is 0 Å². The highest BCUT2D eigenvalue weighted by Crippen LogP contribution is 2.44. The van der Waals surface area contributed by atoms with Gasteiger partial charge in [-0.1, -0.05) is 0 Å². The lowest BCUT2D eigenvalue weighted by Gasteiger charge is -1.96. The monoisotopic (exact) mass is 179 g/mol. The molecule has 0 bridgehead atoms. The Bertz CT molecular complexity index is 228. The molecular weight excluding hydrogens is 175 g/mol. The van der Waals surface area contributed by atoms with Crippen LogP contribution in [0, 0.1) is 0 Å². The van der Waals surface area contributed by atoms with E-state index in [1.807, 2.05) is 0 Å². The number of rotatable bonds is 2. The van der Waals surface area contributed by atoms with Crippen molar-refractivity contribution >= 4 is 17.9 Å². The van der Waals surface area contributed by atoms with Gasteiger partial charge in [0.15, 0.2) is 0 Å². The molecule has 0 fully saturated rings. The average Bonchev–Trinajstić information content (AvgIpc) is 1.14. The first kappa shape index (κ1) is 9.00. The molecule has 0 unspecified atom stereocenters. The van der Waals surface area contributed by atoms with Crippen molar-refractivity contribution in [1.29, 1.82) is 0 Å². The Morgan fingerprint density at radius 1 is 1.44 bits per heavy atom. The van der Waals surface area contributed by atoms with Crippen molar-refractivity contribution in [3.63, 3.8) is 0 Å². The molecule has 0 aliphatic heterocycles. The van der Waals surface area contributed by atoms with Crippen molar-refractivity contribution in [2.24, 2.45) is 0 Å². The van der Waals surface area contributed by atoms with E-state index in [4.69, 9.17) is 0 Å². The number of sulfonamides is 1. The van der Waals surface area contributed by atoms with Crippen molar-refractivity contribution in [3.8, 4) is 0 Å². The van der Waals surface area contributed by atoms with Gasteiger partial charge in [0, 0.05) is 0 Å². The lowest BCUT2D eigenvalue weighted by atomic mass is 12.0. The molecular formula is CH4F2NO3PS. The van der Waals surface area contributed by atoms with Gasteiger partial charge in [-0.25, -0.2) is 13.0 Å². The van der Waals surface area contributed by atoms with Gasteiger partial charge in [0.25, 0.3) is 0 Å². The Labute approximate surface area is 51.0 Å². The summed E-state index contributed by atoms with van der Waals surface area (Å²) in [6, 6.07) is 0. The van der Waals surface area contributed by atoms with Crippen LogP contribution in [-0.4, -0.2) is 14.7 Å². The lowest BCUT2D eigenvalue weighted by molar-refractivity contribution is 0.488. The summed E-state index contributed by atoms with van der Waals surface area (Å²) < 4.78 is 52.4. The van der Waals surface area contributed by atoms with Crippen LogP contribution in [0.25, 0.3) is 0 Å². The largest absolute Gasteiger partial charge is 0.493 e. The van der Waals surface area contributed by atoms with Crippen LogP contribution in [0.3, 0.4) is 0 Å². The van der Waals surface area contributed by atoms with E-state index in [1.54, 1.807) is 0 Å². The molecule has 0 aromatic rings. The third-order valence-electron chi connectivity index (χ3n) is 0.272. The number of hydrogen-bond acceptors (Lipinski definition) is 3. The van der Waals surface area contributed by atoms with Gasteiger partial charge >= 0.3 is 7.91 Å². The first-order valence-corrected chi connectivity index (χ1v) is 5.07. The van der Waals surface area contributed by atoms with E-state index in [1.165, 1.54) is 0 Å². The van der Waals surface area contributed by atoms with Crippen LogP contribution in [0.1, 0.15) is 0 Å². The van der Waals surface area contributed by atoms with E-state index in [9.17, 15) is 21.4 Å². The molecule has 0 saturated carbocycles. The molecule has 1 N–H and O–H groups in total.